The number of ether oxygens (including phenoxy) is 1. The molecule has 0 fully saturated rings. The Morgan fingerprint density at radius 3 is 2.75 bits per heavy atom. The van der Waals surface area contributed by atoms with Crippen molar-refractivity contribution >= 4 is 21.6 Å². The summed E-state index contributed by atoms with van der Waals surface area (Å²) in [5.74, 6) is 0. The molecule has 2 nitrogen and oxygen atoms in total. The zero-order valence-corrected chi connectivity index (χ0v) is 12.9. The molecule has 0 radical (unpaired) electrons. The van der Waals surface area contributed by atoms with Gasteiger partial charge < -0.3 is 10.1 Å². The molecule has 0 spiro atoms. The summed E-state index contributed by atoms with van der Waals surface area (Å²) in [5, 5.41) is 3.49. The van der Waals surface area contributed by atoms with Crippen LogP contribution in [0.1, 0.15) is 17.5 Å². The second-order valence-corrected chi connectivity index (χ2v) is 6.05. The lowest BCUT2D eigenvalue weighted by Crippen LogP contribution is -2.21. The van der Waals surface area contributed by atoms with Gasteiger partial charge in [0.2, 0.25) is 0 Å². The molecule has 0 aliphatic carbocycles. The molecule has 3 rings (SSSR count). The van der Waals surface area contributed by atoms with E-state index < -0.39 is 0 Å². The summed E-state index contributed by atoms with van der Waals surface area (Å²) in [5.41, 5.74) is 3.86. The van der Waals surface area contributed by atoms with Gasteiger partial charge in [-0.1, -0.05) is 46.3 Å². The lowest BCUT2D eigenvalue weighted by molar-refractivity contribution is 0.0448. The zero-order chi connectivity index (χ0) is 13.8. The average molecular weight is 332 g/mol. The van der Waals surface area contributed by atoms with E-state index in [1.165, 1.54) is 16.8 Å². The van der Waals surface area contributed by atoms with Gasteiger partial charge in [-0.15, -0.1) is 0 Å². The van der Waals surface area contributed by atoms with Crippen LogP contribution < -0.4 is 5.32 Å². The number of nitrogens with one attached hydrogen (secondary N) is 1. The Kier molecular flexibility index (Phi) is 4.38. The van der Waals surface area contributed by atoms with E-state index in [0.717, 1.165) is 23.9 Å². The molecule has 1 aliphatic heterocycles. The maximum absolute atomic E-state index is 6.04. The van der Waals surface area contributed by atoms with Crippen LogP contribution in [0.2, 0.25) is 0 Å². The Morgan fingerprint density at radius 1 is 1.10 bits per heavy atom. The van der Waals surface area contributed by atoms with E-state index in [4.69, 9.17) is 4.74 Å². The van der Waals surface area contributed by atoms with Crippen molar-refractivity contribution in [1.82, 2.24) is 0 Å². The first kappa shape index (κ1) is 13.7. The third kappa shape index (κ3) is 3.41. The van der Waals surface area contributed by atoms with E-state index in [9.17, 15) is 0 Å². The minimum atomic E-state index is 0.269. The van der Waals surface area contributed by atoms with Gasteiger partial charge in [-0.3, -0.25) is 0 Å². The van der Waals surface area contributed by atoms with Gasteiger partial charge in [-0.25, -0.2) is 0 Å². The fourth-order valence-corrected chi connectivity index (χ4v) is 2.75. The fourth-order valence-electron chi connectivity index (χ4n) is 2.49. The number of rotatable bonds is 3. The van der Waals surface area contributed by atoms with E-state index in [0.29, 0.717) is 6.61 Å². The van der Waals surface area contributed by atoms with Crippen LogP contribution in [0.4, 0.5) is 5.69 Å². The van der Waals surface area contributed by atoms with Gasteiger partial charge in [0, 0.05) is 16.7 Å². The smallest absolute Gasteiger partial charge is 0.0755 e. The Balaban J connectivity index is 1.56. The summed E-state index contributed by atoms with van der Waals surface area (Å²) in [6.07, 6.45) is 2.42. The molecular weight excluding hydrogens is 314 g/mol. The second-order valence-electron chi connectivity index (χ2n) is 5.14. The maximum Gasteiger partial charge on any atom is 0.0755 e. The molecule has 1 atom stereocenters. The van der Waals surface area contributed by atoms with Crippen LogP contribution in [0.15, 0.2) is 53.0 Å². The standard InChI is InChI=1S/C17H18BrNO/c18-15-8-5-13(6-9-15)12-20-16-10-7-14-3-1-2-4-17(14)19-11-16/h1-6,8-9,16,19H,7,10-12H2. The third-order valence-corrected chi connectivity index (χ3v) is 4.20. The summed E-state index contributed by atoms with van der Waals surface area (Å²) in [7, 11) is 0. The van der Waals surface area contributed by atoms with Crippen molar-refractivity contribution in [3.63, 3.8) is 0 Å². The van der Waals surface area contributed by atoms with Crippen molar-refractivity contribution in [2.45, 2.75) is 25.6 Å². The number of para-hydroxylation sites is 1. The van der Waals surface area contributed by atoms with Crippen LogP contribution in [-0.2, 0) is 17.8 Å². The number of fused-ring (bicyclic) bond motifs is 1. The second kappa shape index (κ2) is 6.42. The van der Waals surface area contributed by atoms with Gasteiger partial charge in [0.25, 0.3) is 0 Å². The maximum atomic E-state index is 6.04. The van der Waals surface area contributed by atoms with Gasteiger partial charge in [-0.2, -0.15) is 0 Å². The first-order chi connectivity index (χ1) is 9.81. The van der Waals surface area contributed by atoms with E-state index in [1.807, 2.05) is 0 Å². The van der Waals surface area contributed by atoms with E-state index in [2.05, 4.69) is 69.8 Å². The van der Waals surface area contributed by atoms with E-state index >= 15 is 0 Å². The molecule has 1 aliphatic rings. The van der Waals surface area contributed by atoms with Crippen molar-refractivity contribution in [2.24, 2.45) is 0 Å². The van der Waals surface area contributed by atoms with Gasteiger partial charge in [0.1, 0.15) is 0 Å². The predicted molar refractivity (Wildman–Crippen MR) is 86.0 cm³/mol. The molecule has 1 heterocycles. The Hall–Kier alpha value is -1.32. The number of hydrogen-bond donors (Lipinski definition) is 1. The van der Waals surface area contributed by atoms with Crippen molar-refractivity contribution in [3.8, 4) is 0 Å². The third-order valence-electron chi connectivity index (χ3n) is 3.67. The highest BCUT2D eigenvalue weighted by molar-refractivity contribution is 9.10. The molecule has 1 N–H and O–H groups in total. The fraction of sp³-hybridized carbons (Fsp3) is 0.294. The van der Waals surface area contributed by atoms with Crippen molar-refractivity contribution in [3.05, 3.63) is 64.1 Å². The molecule has 0 bridgehead atoms. The van der Waals surface area contributed by atoms with E-state index in [1.54, 1.807) is 0 Å². The average Bonchev–Trinajstić information content (AvgIpc) is 2.69. The molecule has 0 aromatic heterocycles. The number of aryl methyl sites for hydroxylation is 1. The Bertz CT molecular complexity index is 540. The molecule has 2 aromatic rings. The summed E-state index contributed by atoms with van der Waals surface area (Å²) < 4.78 is 7.15. The minimum Gasteiger partial charge on any atom is -0.382 e. The lowest BCUT2D eigenvalue weighted by atomic mass is 10.1. The number of halogens is 1. The minimum absolute atomic E-state index is 0.269. The van der Waals surface area contributed by atoms with Crippen molar-refractivity contribution < 1.29 is 4.74 Å². The number of benzene rings is 2. The van der Waals surface area contributed by atoms with Crippen LogP contribution >= 0.6 is 15.9 Å². The van der Waals surface area contributed by atoms with Crippen LogP contribution in [-0.4, -0.2) is 12.6 Å². The molecule has 20 heavy (non-hydrogen) atoms. The molecule has 2 aromatic carbocycles. The molecule has 0 saturated carbocycles. The highest BCUT2D eigenvalue weighted by atomic mass is 79.9. The lowest BCUT2D eigenvalue weighted by Gasteiger charge is -2.16. The number of hydrogen-bond acceptors (Lipinski definition) is 2. The summed E-state index contributed by atoms with van der Waals surface area (Å²) in [6.45, 7) is 1.56. The monoisotopic (exact) mass is 331 g/mol. The molecule has 3 heteroatoms. The normalized spacial score (nSPS) is 17.9. The molecule has 0 amide bonds. The largest absolute Gasteiger partial charge is 0.382 e. The zero-order valence-electron chi connectivity index (χ0n) is 11.3. The van der Waals surface area contributed by atoms with Gasteiger partial charge in [0.15, 0.2) is 0 Å². The summed E-state index contributed by atoms with van der Waals surface area (Å²) in [6, 6.07) is 16.8. The van der Waals surface area contributed by atoms with Gasteiger partial charge in [-0.05, 0) is 42.2 Å². The quantitative estimate of drug-likeness (QED) is 0.900. The first-order valence-corrected chi connectivity index (χ1v) is 7.78. The predicted octanol–water partition coefficient (Wildman–Crippen LogP) is 4.39. The topological polar surface area (TPSA) is 21.3 Å². The van der Waals surface area contributed by atoms with Gasteiger partial charge >= 0.3 is 0 Å². The summed E-state index contributed by atoms with van der Waals surface area (Å²) >= 11 is 3.45. The van der Waals surface area contributed by atoms with Gasteiger partial charge in [0.05, 0.1) is 12.7 Å². The van der Waals surface area contributed by atoms with Crippen LogP contribution in [0, 0.1) is 0 Å². The first-order valence-electron chi connectivity index (χ1n) is 6.99. The molecule has 104 valence electrons. The van der Waals surface area contributed by atoms with Crippen molar-refractivity contribution in [1.29, 1.82) is 0 Å². The Morgan fingerprint density at radius 2 is 1.90 bits per heavy atom. The van der Waals surface area contributed by atoms with Crippen molar-refractivity contribution in [2.75, 3.05) is 11.9 Å². The highest BCUT2D eigenvalue weighted by Gasteiger charge is 2.15. The summed E-state index contributed by atoms with van der Waals surface area (Å²) in [4.78, 5) is 0. The molecule has 0 saturated heterocycles. The number of anilines is 1. The highest BCUT2D eigenvalue weighted by Crippen LogP contribution is 2.22. The van der Waals surface area contributed by atoms with Crippen LogP contribution in [0.25, 0.3) is 0 Å². The van der Waals surface area contributed by atoms with Crippen LogP contribution in [0.5, 0.6) is 0 Å². The molecular formula is C17H18BrNO. The molecule has 1 unspecified atom stereocenters. The Labute approximate surface area is 128 Å². The van der Waals surface area contributed by atoms with Crippen LogP contribution in [0.3, 0.4) is 0 Å². The van der Waals surface area contributed by atoms with E-state index in [-0.39, 0.29) is 6.10 Å². The SMILES string of the molecule is Brc1ccc(COC2CCc3ccccc3NC2)cc1.